The van der Waals surface area contributed by atoms with E-state index in [0.29, 0.717) is 17.3 Å². The number of nitrogens with one attached hydrogen (secondary N) is 1. The van der Waals surface area contributed by atoms with Crippen molar-refractivity contribution in [1.29, 1.82) is 0 Å². The van der Waals surface area contributed by atoms with Gasteiger partial charge in [-0.15, -0.1) is 10.2 Å². The number of thioether (sulfide) groups is 1. The maximum atomic E-state index is 12.8. The summed E-state index contributed by atoms with van der Waals surface area (Å²) < 4.78 is 1.97. The Morgan fingerprint density at radius 2 is 1.64 bits per heavy atom. The first kappa shape index (κ1) is 22.2. The number of aromatic nitrogens is 3. The second-order valence-electron chi connectivity index (χ2n) is 7.29. The van der Waals surface area contributed by atoms with Crippen LogP contribution in [0.1, 0.15) is 18.3 Å². The molecule has 0 bridgehead atoms. The van der Waals surface area contributed by atoms with Gasteiger partial charge in [-0.25, -0.2) is 0 Å². The molecule has 0 radical (unpaired) electrons. The van der Waals surface area contributed by atoms with Crippen LogP contribution in [0.4, 0.5) is 11.4 Å². The zero-order valence-electron chi connectivity index (χ0n) is 17.8. The summed E-state index contributed by atoms with van der Waals surface area (Å²) in [6.07, 6.45) is 0.604. The average molecular weight is 460 g/mol. The number of non-ortho nitro benzene ring substituents is 1. The second-order valence-corrected chi connectivity index (χ2v) is 8.59. The molecule has 0 aliphatic rings. The molecule has 3 aromatic carbocycles. The van der Waals surface area contributed by atoms with Crippen LogP contribution in [0.3, 0.4) is 0 Å². The lowest BCUT2D eigenvalue weighted by molar-refractivity contribution is -0.384. The molecule has 1 N–H and O–H groups in total. The molecule has 9 heteroatoms. The van der Waals surface area contributed by atoms with E-state index in [9.17, 15) is 14.9 Å². The summed E-state index contributed by atoms with van der Waals surface area (Å²) in [4.78, 5) is 23.1. The molecule has 166 valence electrons. The number of para-hydroxylation sites is 1. The van der Waals surface area contributed by atoms with Gasteiger partial charge in [0, 0.05) is 29.9 Å². The monoisotopic (exact) mass is 459 g/mol. The standard InChI is InChI=1S/C24H21N5O3S/c1-17(23(30)25-19-12-14-21(15-13-19)29(31)32)33-24-27-26-22(16-18-8-4-2-5-9-18)28(24)20-10-6-3-7-11-20/h2-15,17H,16H2,1H3,(H,25,30). The molecular weight excluding hydrogens is 438 g/mol. The number of carbonyl (C=O) groups is 1. The lowest BCUT2D eigenvalue weighted by Crippen LogP contribution is -2.23. The summed E-state index contributed by atoms with van der Waals surface area (Å²) in [7, 11) is 0. The number of carbonyl (C=O) groups excluding carboxylic acids is 1. The topological polar surface area (TPSA) is 103 Å². The summed E-state index contributed by atoms with van der Waals surface area (Å²) in [6.45, 7) is 1.78. The lowest BCUT2D eigenvalue weighted by atomic mass is 10.1. The Labute approximate surface area is 194 Å². The number of anilines is 1. The minimum atomic E-state index is -0.479. The summed E-state index contributed by atoms with van der Waals surface area (Å²) >= 11 is 1.30. The highest BCUT2D eigenvalue weighted by Crippen LogP contribution is 2.27. The maximum Gasteiger partial charge on any atom is 0.269 e. The fraction of sp³-hybridized carbons (Fsp3) is 0.125. The van der Waals surface area contributed by atoms with Gasteiger partial charge in [0.25, 0.3) is 5.69 Å². The second kappa shape index (κ2) is 10.1. The zero-order chi connectivity index (χ0) is 23.2. The number of nitrogens with zero attached hydrogens (tertiary/aromatic N) is 4. The lowest BCUT2D eigenvalue weighted by Gasteiger charge is -2.14. The number of benzene rings is 3. The van der Waals surface area contributed by atoms with Crippen LogP contribution < -0.4 is 5.32 Å². The van der Waals surface area contributed by atoms with Crippen molar-refractivity contribution < 1.29 is 9.72 Å². The number of nitro benzene ring substituents is 1. The maximum absolute atomic E-state index is 12.8. The molecule has 1 atom stereocenters. The summed E-state index contributed by atoms with van der Waals surface area (Å²) in [5.41, 5.74) is 2.49. The molecule has 0 saturated heterocycles. The molecule has 0 saturated carbocycles. The van der Waals surface area contributed by atoms with Crippen molar-refractivity contribution in [3.63, 3.8) is 0 Å². The Kier molecular flexibility index (Phi) is 6.80. The Hall–Kier alpha value is -3.98. The minimum Gasteiger partial charge on any atom is -0.325 e. The van der Waals surface area contributed by atoms with E-state index >= 15 is 0 Å². The molecule has 0 aliphatic carbocycles. The van der Waals surface area contributed by atoms with Gasteiger partial charge >= 0.3 is 0 Å². The van der Waals surface area contributed by atoms with Gasteiger partial charge in [0.15, 0.2) is 5.16 Å². The quantitative estimate of drug-likeness (QED) is 0.229. The molecule has 1 unspecified atom stereocenters. The van der Waals surface area contributed by atoms with Gasteiger partial charge in [-0.1, -0.05) is 60.3 Å². The normalized spacial score (nSPS) is 11.7. The molecule has 8 nitrogen and oxygen atoms in total. The van der Waals surface area contributed by atoms with Crippen LogP contribution in [0.15, 0.2) is 90.1 Å². The molecule has 33 heavy (non-hydrogen) atoms. The first-order valence-corrected chi connectivity index (χ1v) is 11.1. The number of nitro groups is 1. The van der Waals surface area contributed by atoms with E-state index in [-0.39, 0.29) is 11.6 Å². The van der Waals surface area contributed by atoms with Crippen LogP contribution in [0.25, 0.3) is 5.69 Å². The van der Waals surface area contributed by atoms with Crippen LogP contribution in [0, 0.1) is 10.1 Å². The van der Waals surface area contributed by atoms with Crippen LogP contribution in [-0.2, 0) is 11.2 Å². The van der Waals surface area contributed by atoms with E-state index in [1.54, 1.807) is 6.92 Å². The van der Waals surface area contributed by atoms with E-state index in [4.69, 9.17) is 0 Å². The number of amides is 1. The summed E-state index contributed by atoms with van der Waals surface area (Å²) in [5.74, 6) is 0.541. The van der Waals surface area contributed by atoms with E-state index < -0.39 is 10.2 Å². The Morgan fingerprint density at radius 1 is 1.00 bits per heavy atom. The molecular formula is C24H21N5O3S. The third-order valence-electron chi connectivity index (χ3n) is 4.92. The first-order valence-electron chi connectivity index (χ1n) is 10.3. The van der Waals surface area contributed by atoms with Crippen molar-refractivity contribution in [3.8, 4) is 5.69 Å². The third-order valence-corrected chi connectivity index (χ3v) is 5.96. The average Bonchev–Trinajstić information content (AvgIpc) is 3.22. The fourth-order valence-electron chi connectivity index (χ4n) is 3.23. The third kappa shape index (κ3) is 5.45. The smallest absolute Gasteiger partial charge is 0.269 e. The molecule has 0 fully saturated rings. The Balaban J connectivity index is 1.54. The van der Waals surface area contributed by atoms with Crippen molar-refractivity contribution in [2.24, 2.45) is 0 Å². The van der Waals surface area contributed by atoms with Crippen LogP contribution in [0.5, 0.6) is 0 Å². The molecule has 4 aromatic rings. The van der Waals surface area contributed by atoms with Crippen molar-refractivity contribution in [2.75, 3.05) is 5.32 Å². The Bertz CT molecular complexity index is 1240. The first-order chi connectivity index (χ1) is 16.0. The van der Waals surface area contributed by atoms with Crippen molar-refractivity contribution >= 4 is 29.0 Å². The van der Waals surface area contributed by atoms with Crippen LogP contribution >= 0.6 is 11.8 Å². The molecule has 1 heterocycles. The SMILES string of the molecule is CC(Sc1nnc(Cc2ccccc2)n1-c1ccccc1)C(=O)Nc1ccc([N+](=O)[O-])cc1. The van der Waals surface area contributed by atoms with Gasteiger partial charge < -0.3 is 5.32 Å². The van der Waals surface area contributed by atoms with E-state index in [1.165, 1.54) is 36.0 Å². The highest BCUT2D eigenvalue weighted by Gasteiger charge is 2.21. The van der Waals surface area contributed by atoms with Gasteiger partial charge in [0.05, 0.1) is 10.2 Å². The number of rotatable bonds is 8. The van der Waals surface area contributed by atoms with Gasteiger partial charge in [-0.2, -0.15) is 0 Å². The van der Waals surface area contributed by atoms with Gasteiger partial charge in [0.1, 0.15) is 5.82 Å². The molecule has 1 aromatic heterocycles. The van der Waals surface area contributed by atoms with Crippen LogP contribution in [-0.4, -0.2) is 30.8 Å². The number of hydrogen-bond donors (Lipinski definition) is 1. The van der Waals surface area contributed by atoms with E-state index in [0.717, 1.165) is 17.1 Å². The van der Waals surface area contributed by atoms with Gasteiger partial charge in [0.2, 0.25) is 5.91 Å². The van der Waals surface area contributed by atoms with Gasteiger partial charge in [-0.3, -0.25) is 19.5 Å². The van der Waals surface area contributed by atoms with Gasteiger partial charge in [-0.05, 0) is 36.8 Å². The van der Waals surface area contributed by atoms with Crippen molar-refractivity contribution in [3.05, 3.63) is 106 Å². The predicted octanol–water partition coefficient (Wildman–Crippen LogP) is 4.89. The highest BCUT2D eigenvalue weighted by molar-refractivity contribution is 8.00. The van der Waals surface area contributed by atoms with E-state index in [1.807, 2.05) is 65.2 Å². The van der Waals surface area contributed by atoms with Crippen LogP contribution in [0.2, 0.25) is 0 Å². The largest absolute Gasteiger partial charge is 0.325 e. The molecule has 1 amide bonds. The van der Waals surface area contributed by atoms with Crippen molar-refractivity contribution in [1.82, 2.24) is 14.8 Å². The van der Waals surface area contributed by atoms with E-state index in [2.05, 4.69) is 15.5 Å². The molecule has 0 spiro atoms. The minimum absolute atomic E-state index is 0.0302. The highest BCUT2D eigenvalue weighted by atomic mass is 32.2. The fourth-order valence-corrected chi connectivity index (χ4v) is 4.11. The number of hydrogen-bond acceptors (Lipinski definition) is 6. The predicted molar refractivity (Wildman–Crippen MR) is 128 cm³/mol. The summed E-state index contributed by atoms with van der Waals surface area (Å²) in [5, 5.41) is 22.5. The molecule has 0 aliphatic heterocycles. The zero-order valence-corrected chi connectivity index (χ0v) is 18.6. The molecule has 4 rings (SSSR count). The van der Waals surface area contributed by atoms with Crippen molar-refractivity contribution in [2.45, 2.75) is 23.8 Å². The Morgan fingerprint density at radius 3 is 2.27 bits per heavy atom. The summed E-state index contributed by atoms with van der Waals surface area (Å²) in [6, 6.07) is 25.5.